The van der Waals surface area contributed by atoms with Gasteiger partial charge in [-0.2, -0.15) is 5.01 Å². The molecule has 6 rings (SSSR count). The number of aromatic hydroxyl groups is 2. The van der Waals surface area contributed by atoms with E-state index < -0.39 is 18.2 Å². The molecule has 0 unspecified atom stereocenters. The third kappa shape index (κ3) is 6.05. The summed E-state index contributed by atoms with van der Waals surface area (Å²) in [6.45, 7) is 4.21. The number of benzene rings is 4. The number of hydrogen-bond donors (Lipinski definition) is 3. The third-order valence-corrected chi connectivity index (χ3v) is 8.61. The molecule has 3 N–H and O–H groups in total. The lowest BCUT2D eigenvalue weighted by Crippen LogP contribution is -2.66. The van der Waals surface area contributed by atoms with Crippen LogP contribution in [0.4, 0.5) is 9.18 Å². The van der Waals surface area contributed by atoms with E-state index in [9.17, 15) is 29.0 Å². The molecule has 2 aliphatic rings. The highest BCUT2D eigenvalue weighted by atomic mass is 19.1. The summed E-state index contributed by atoms with van der Waals surface area (Å²) in [7, 11) is 0. The van der Waals surface area contributed by atoms with Crippen molar-refractivity contribution in [3.63, 3.8) is 0 Å². The van der Waals surface area contributed by atoms with Gasteiger partial charge in [-0.05, 0) is 65.6 Å². The van der Waals surface area contributed by atoms with Gasteiger partial charge in [-0.25, -0.2) is 9.18 Å². The first-order valence-electron chi connectivity index (χ1n) is 15.3. The van der Waals surface area contributed by atoms with E-state index in [1.54, 1.807) is 33.0 Å². The van der Waals surface area contributed by atoms with Crippen molar-refractivity contribution >= 4 is 28.6 Å². The summed E-state index contributed by atoms with van der Waals surface area (Å²) >= 11 is 0. The Bertz CT molecular complexity index is 1780. The molecule has 0 saturated carbocycles. The minimum Gasteiger partial charge on any atom is -0.504 e. The molecule has 10 nitrogen and oxygen atoms in total. The lowest BCUT2D eigenvalue weighted by atomic mass is 9.98. The van der Waals surface area contributed by atoms with Gasteiger partial charge in [0.15, 0.2) is 11.5 Å². The lowest BCUT2D eigenvalue weighted by Gasteiger charge is -2.47. The molecule has 46 heavy (non-hydrogen) atoms. The second kappa shape index (κ2) is 12.7. The molecule has 0 bridgehead atoms. The Kier molecular flexibility index (Phi) is 8.50. The maximum Gasteiger partial charge on any atom is 0.332 e. The second-order valence-corrected chi connectivity index (χ2v) is 12.0. The van der Waals surface area contributed by atoms with E-state index in [1.165, 1.54) is 29.3 Å². The van der Waals surface area contributed by atoms with Crippen LogP contribution < -0.4 is 5.32 Å². The van der Waals surface area contributed by atoms with Gasteiger partial charge in [-0.15, -0.1) is 0 Å². The SMILES string of the molecule is CC(C)N(C(=O)NCc1ccc(F)cc1)N1CC(=O)N2[C@@H](Cc3ccc(O)c(O)c3)C(=O)N(Cc3cccc4ccccc34)C[C@@H]21. The largest absolute Gasteiger partial charge is 0.504 e. The number of rotatable bonds is 8. The zero-order valence-corrected chi connectivity index (χ0v) is 25.6. The van der Waals surface area contributed by atoms with E-state index >= 15 is 0 Å². The van der Waals surface area contributed by atoms with Gasteiger partial charge in [0.2, 0.25) is 11.8 Å². The van der Waals surface area contributed by atoms with Crippen LogP contribution in [-0.2, 0) is 29.1 Å². The lowest BCUT2D eigenvalue weighted by molar-refractivity contribution is -0.158. The van der Waals surface area contributed by atoms with Crippen LogP contribution in [-0.4, -0.2) is 79.2 Å². The molecular formula is C35H36FN5O5. The fraction of sp³-hybridized carbons (Fsp3) is 0.286. The molecule has 2 heterocycles. The molecule has 0 radical (unpaired) electrons. The predicted octanol–water partition coefficient (Wildman–Crippen LogP) is 4.35. The van der Waals surface area contributed by atoms with Crippen LogP contribution in [0.15, 0.2) is 84.9 Å². The Balaban J connectivity index is 1.32. The van der Waals surface area contributed by atoms with Crippen LogP contribution in [0.3, 0.4) is 0 Å². The van der Waals surface area contributed by atoms with Crippen molar-refractivity contribution < 1.29 is 29.0 Å². The van der Waals surface area contributed by atoms with E-state index in [-0.39, 0.29) is 61.2 Å². The summed E-state index contributed by atoms with van der Waals surface area (Å²) in [5.41, 5.74) is 2.25. The van der Waals surface area contributed by atoms with E-state index in [1.807, 2.05) is 56.3 Å². The number of piperazine rings is 1. The molecule has 2 aliphatic heterocycles. The average Bonchev–Trinajstić information content (AvgIpc) is 3.35. The Hall–Kier alpha value is -5.16. The van der Waals surface area contributed by atoms with E-state index in [4.69, 9.17) is 0 Å². The first-order valence-corrected chi connectivity index (χ1v) is 15.3. The van der Waals surface area contributed by atoms with Gasteiger partial charge in [0.05, 0.1) is 13.1 Å². The number of phenols is 2. The monoisotopic (exact) mass is 625 g/mol. The molecule has 4 aromatic carbocycles. The fourth-order valence-electron chi connectivity index (χ4n) is 6.43. The Morgan fingerprint density at radius 1 is 0.957 bits per heavy atom. The minimum atomic E-state index is -0.911. The zero-order valence-electron chi connectivity index (χ0n) is 25.6. The van der Waals surface area contributed by atoms with Gasteiger partial charge >= 0.3 is 6.03 Å². The highest BCUT2D eigenvalue weighted by Crippen LogP contribution is 2.33. The Morgan fingerprint density at radius 2 is 1.67 bits per heavy atom. The first-order chi connectivity index (χ1) is 22.1. The van der Waals surface area contributed by atoms with Crippen LogP contribution in [0.2, 0.25) is 0 Å². The maximum absolute atomic E-state index is 14.2. The Labute approximate surface area is 266 Å². The number of amides is 4. The van der Waals surface area contributed by atoms with E-state index in [0.717, 1.165) is 21.9 Å². The standard InChI is InChI=1S/C35H36FN5O5/c1-22(2)41(35(46)37-18-23-10-13-27(36)14-11-23)39-21-33(44)40-29(16-24-12-15-30(42)31(43)17-24)34(45)38(20-32(39)40)19-26-8-5-7-25-6-3-4-9-28(25)26/h3-15,17,22,29,32,42-43H,16,18-21H2,1-2H3,(H,37,46)/t29-,32+/m0/s1. The molecule has 4 amide bonds. The average molecular weight is 626 g/mol. The second-order valence-electron chi connectivity index (χ2n) is 12.0. The summed E-state index contributed by atoms with van der Waals surface area (Å²) in [5, 5.41) is 28.2. The van der Waals surface area contributed by atoms with Crippen molar-refractivity contribution in [3.8, 4) is 11.5 Å². The summed E-state index contributed by atoms with van der Waals surface area (Å²) in [4.78, 5) is 44.9. The predicted molar refractivity (Wildman–Crippen MR) is 170 cm³/mol. The fourth-order valence-corrected chi connectivity index (χ4v) is 6.43. The molecule has 2 fully saturated rings. The molecule has 11 heteroatoms. The summed E-state index contributed by atoms with van der Waals surface area (Å²) in [6, 6.07) is 22.4. The molecule has 0 aliphatic carbocycles. The highest BCUT2D eigenvalue weighted by Gasteiger charge is 2.52. The smallest absolute Gasteiger partial charge is 0.332 e. The number of fused-ring (bicyclic) bond motifs is 2. The normalized spacial score (nSPS) is 18.3. The van der Waals surface area contributed by atoms with Gasteiger partial charge in [0.25, 0.3) is 0 Å². The van der Waals surface area contributed by atoms with Crippen LogP contribution in [0.1, 0.15) is 30.5 Å². The molecule has 4 aromatic rings. The number of halogens is 1. The number of urea groups is 1. The van der Waals surface area contributed by atoms with Crippen molar-refractivity contribution in [3.05, 3.63) is 107 Å². The number of nitrogens with zero attached hydrogens (tertiary/aromatic N) is 4. The van der Waals surface area contributed by atoms with Crippen molar-refractivity contribution in [1.29, 1.82) is 0 Å². The number of carbonyl (C=O) groups is 3. The first kappa shape index (κ1) is 30.8. The van der Waals surface area contributed by atoms with Gasteiger partial charge in [0.1, 0.15) is 18.0 Å². The number of carbonyl (C=O) groups excluding carboxylic acids is 3. The molecule has 2 saturated heterocycles. The van der Waals surface area contributed by atoms with Crippen molar-refractivity contribution in [2.75, 3.05) is 13.1 Å². The number of hydrogen-bond acceptors (Lipinski definition) is 6. The van der Waals surface area contributed by atoms with Gasteiger partial charge in [0, 0.05) is 25.6 Å². The van der Waals surface area contributed by atoms with E-state index in [0.29, 0.717) is 12.1 Å². The van der Waals surface area contributed by atoms with Crippen molar-refractivity contribution in [1.82, 2.24) is 25.1 Å². The molecule has 238 valence electrons. The molecule has 0 spiro atoms. The number of nitrogens with one attached hydrogen (secondary N) is 1. The summed E-state index contributed by atoms with van der Waals surface area (Å²) in [6.07, 6.45) is -0.539. The van der Waals surface area contributed by atoms with Gasteiger partial charge in [-0.3, -0.25) is 14.6 Å². The number of hydrazine groups is 1. The molecule has 2 atom stereocenters. The molecular weight excluding hydrogens is 589 g/mol. The van der Waals surface area contributed by atoms with Crippen LogP contribution in [0, 0.1) is 5.82 Å². The Morgan fingerprint density at radius 3 is 2.41 bits per heavy atom. The maximum atomic E-state index is 14.2. The highest BCUT2D eigenvalue weighted by molar-refractivity contribution is 5.92. The minimum absolute atomic E-state index is 0.104. The van der Waals surface area contributed by atoms with Crippen LogP contribution in [0.5, 0.6) is 11.5 Å². The third-order valence-electron chi connectivity index (χ3n) is 8.61. The van der Waals surface area contributed by atoms with Crippen LogP contribution in [0.25, 0.3) is 10.8 Å². The van der Waals surface area contributed by atoms with Crippen LogP contribution >= 0.6 is 0 Å². The topological polar surface area (TPSA) is 117 Å². The number of phenolic OH excluding ortho intramolecular Hbond substituents is 2. The summed E-state index contributed by atoms with van der Waals surface area (Å²) < 4.78 is 13.4. The van der Waals surface area contributed by atoms with Gasteiger partial charge < -0.3 is 25.3 Å². The molecule has 0 aromatic heterocycles. The quantitative estimate of drug-likeness (QED) is 0.251. The van der Waals surface area contributed by atoms with Crippen molar-refractivity contribution in [2.24, 2.45) is 0 Å². The van der Waals surface area contributed by atoms with Gasteiger partial charge in [-0.1, -0.05) is 60.7 Å². The summed E-state index contributed by atoms with van der Waals surface area (Å²) in [5.74, 6) is -1.51. The van der Waals surface area contributed by atoms with E-state index in [2.05, 4.69) is 5.32 Å². The van der Waals surface area contributed by atoms with Crippen molar-refractivity contribution in [2.45, 2.75) is 51.6 Å². The zero-order chi connectivity index (χ0) is 32.5.